The molecule has 0 aromatic carbocycles. The van der Waals surface area contributed by atoms with Gasteiger partial charge in [-0.3, -0.25) is 4.79 Å². The van der Waals surface area contributed by atoms with Gasteiger partial charge in [-0.1, -0.05) is 13.8 Å². The molecule has 100 valence electrons. The van der Waals surface area contributed by atoms with E-state index in [0.717, 1.165) is 25.7 Å². The molecule has 1 rings (SSSR count). The van der Waals surface area contributed by atoms with Crippen LogP contribution in [0.5, 0.6) is 0 Å². The zero-order valence-electron chi connectivity index (χ0n) is 11.2. The number of amides is 1. The predicted molar refractivity (Wildman–Crippen MR) is 68.6 cm³/mol. The van der Waals surface area contributed by atoms with Gasteiger partial charge >= 0.3 is 0 Å². The minimum absolute atomic E-state index is 0.0228. The Labute approximate surface area is 104 Å². The number of nitrogens with one attached hydrogen (secondary N) is 1. The smallest absolute Gasteiger partial charge is 0.246 e. The zero-order chi connectivity index (χ0) is 12.8. The van der Waals surface area contributed by atoms with E-state index in [2.05, 4.69) is 19.2 Å². The average molecular weight is 242 g/mol. The number of hydrogen-bond acceptors (Lipinski definition) is 3. The molecule has 0 aromatic rings. The van der Waals surface area contributed by atoms with E-state index in [1.807, 2.05) is 6.92 Å². The van der Waals surface area contributed by atoms with Gasteiger partial charge in [-0.15, -0.1) is 0 Å². The quantitative estimate of drug-likeness (QED) is 0.766. The molecule has 0 aromatic heterocycles. The van der Waals surface area contributed by atoms with E-state index in [-0.39, 0.29) is 30.7 Å². The van der Waals surface area contributed by atoms with Crippen molar-refractivity contribution in [3.05, 3.63) is 0 Å². The van der Waals surface area contributed by atoms with Gasteiger partial charge in [-0.05, 0) is 38.5 Å². The lowest BCUT2D eigenvalue weighted by Crippen LogP contribution is -2.40. The van der Waals surface area contributed by atoms with Crippen LogP contribution in [-0.4, -0.2) is 30.7 Å². The molecule has 3 unspecified atom stereocenters. The fourth-order valence-corrected chi connectivity index (χ4v) is 1.99. The molecule has 4 nitrogen and oxygen atoms in total. The highest BCUT2D eigenvalue weighted by Crippen LogP contribution is 2.19. The lowest BCUT2D eigenvalue weighted by Gasteiger charge is -2.26. The molecule has 1 saturated carbocycles. The maximum atomic E-state index is 11.6. The molecule has 0 saturated heterocycles. The van der Waals surface area contributed by atoms with Crippen molar-refractivity contribution in [2.24, 2.45) is 11.7 Å². The lowest BCUT2D eigenvalue weighted by atomic mass is 9.94. The number of nitrogens with two attached hydrogens (primary N) is 1. The largest absolute Gasteiger partial charge is 0.368 e. The van der Waals surface area contributed by atoms with Crippen molar-refractivity contribution in [2.75, 3.05) is 6.61 Å². The van der Waals surface area contributed by atoms with Gasteiger partial charge in [-0.25, -0.2) is 0 Å². The van der Waals surface area contributed by atoms with E-state index in [4.69, 9.17) is 10.5 Å². The summed E-state index contributed by atoms with van der Waals surface area (Å²) in [4.78, 5) is 11.6. The Kier molecular flexibility index (Phi) is 5.92. The fourth-order valence-electron chi connectivity index (χ4n) is 1.99. The fraction of sp³-hybridized carbons (Fsp3) is 0.923. The Balaban J connectivity index is 2.19. The summed E-state index contributed by atoms with van der Waals surface area (Å²) in [7, 11) is 0. The van der Waals surface area contributed by atoms with Gasteiger partial charge in [0.2, 0.25) is 5.91 Å². The highest BCUT2D eigenvalue weighted by atomic mass is 16.5. The molecule has 3 atom stereocenters. The number of hydrogen-bond donors (Lipinski definition) is 2. The van der Waals surface area contributed by atoms with Gasteiger partial charge in [0.1, 0.15) is 6.61 Å². The molecule has 0 aliphatic heterocycles. The van der Waals surface area contributed by atoms with E-state index >= 15 is 0 Å². The van der Waals surface area contributed by atoms with Crippen LogP contribution in [0.3, 0.4) is 0 Å². The summed E-state index contributed by atoms with van der Waals surface area (Å²) < 4.78 is 5.60. The molecule has 0 radical (unpaired) electrons. The molecule has 0 heterocycles. The Morgan fingerprint density at radius 3 is 2.71 bits per heavy atom. The molecule has 1 amide bonds. The molecular weight excluding hydrogens is 216 g/mol. The average Bonchev–Trinajstić information content (AvgIpc) is 2.26. The van der Waals surface area contributed by atoms with Gasteiger partial charge < -0.3 is 15.8 Å². The minimum atomic E-state index is -0.0228. The summed E-state index contributed by atoms with van der Waals surface area (Å²) >= 11 is 0. The maximum Gasteiger partial charge on any atom is 0.246 e. The molecular formula is C13H26N2O2. The van der Waals surface area contributed by atoms with E-state index in [9.17, 15) is 4.79 Å². The Bertz CT molecular complexity index is 244. The van der Waals surface area contributed by atoms with Crippen LogP contribution in [0.25, 0.3) is 0 Å². The van der Waals surface area contributed by atoms with Gasteiger partial charge in [0.25, 0.3) is 0 Å². The second-order valence-corrected chi connectivity index (χ2v) is 5.46. The molecule has 1 aliphatic rings. The topological polar surface area (TPSA) is 64.3 Å². The summed E-state index contributed by atoms with van der Waals surface area (Å²) in [6, 6.07) is 0.436. The summed E-state index contributed by atoms with van der Waals surface area (Å²) in [5, 5.41) is 2.93. The Morgan fingerprint density at radius 1 is 1.41 bits per heavy atom. The third kappa shape index (κ3) is 5.50. The highest BCUT2D eigenvalue weighted by molar-refractivity contribution is 5.77. The van der Waals surface area contributed by atoms with Gasteiger partial charge in [0.05, 0.1) is 6.10 Å². The number of ether oxygens (including phenoxy) is 1. The van der Waals surface area contributed by atoms with Crippen molar-refractivity contribution in [1.82, 2.24) is 5.32 Å². The molecule has 0 spiro atoms. The van der Waals surface area contributed by atoms with Crippen LogP contribution < -0.4 is 11.1 Å². The van der Waals surface area contributed by atoms with Crippen molar-refractivity contribution in [3.63, 3.8) is 0 Å². The number of carbonyl (C=O) groups excluding carboxylic acids is 1. The minimum Gasteiger partial charge on any atom is -0.368 e. The molecule has 17 heavy (non-hydrogen) atoms. The van der Waals surface area contributed by atoms with Crippen LogP contribution in [0.2, 0.25) is 0 Å². The summed E-state index contributed by atoms with van der Waals surface area (Å²) in [5.74, 6) is 0.424. The Hall–Kier alpha value is -0.610. The van der Waals surface area contributed by atoms with Crippen LogP contribution >= 0.6 is 0 Å². The van der Waals surface area contributed by atoms with Gasteiger partial charge in [0.15, 0.2) is 0 Å². The molecule has 4 heteroatoms. The first-order chi connectivity index (χ1) is 7.99. The van der Waals surface area contributed by atoms with E-state index in [1.54, 1.807) is 0 Å². The molecule has 1 aliphatic carbocycles. The predicted octanol–water partition coefficient (Wildman–Crippen LogP) is 1.43. The SMILES string of the molecule is CC(C)C(C)NC(=O)COC1CCCC(N)C1. The van der Waals surface area contributed by atoms with Gasteiger partial charge in [0, 0.05) is 12.1 Å². The molecule has 1 fully saturated rings. The second kappa shape index (κ2) is 6.97. The molecule has 3 N–H and O–H groups in total. The maximum absolute atomic E-state index is 11.6. The van der Waals surface area contributed by atoms with E-state index < -0.39 is 0 Å². The van der Waals surface area contributed by atoms with Gasteiger partial charge in [-0.2, -0.15) is 0 Å². The summed E-state index contributed by atoms with van der Waals surface area (Å²) in [5.41, 5.74) is 5.87. The van der Waals surface area contributed by atoms with Crippen molar-refractivity contribution >= 4 is 5.91 Å². The van der Waals surface area contributed by atoms with Crippen LogP contribution in [0, 0.1) is 5.92 Å². The normalized spacial score (nSPS) is 26.9. The van der Waals surface area contributed by atoms with Crippen molar-refractivity contribution < 1.29 is 9.53 Å². The highest BCUT2D eigenvalue weighted by Gasteiger charge is 2.20. The zero-order valence-corrected chi connectivity index (χ0v) is 11.2. The van der Waals surface area contributed by atoms with Crippen LogP contribution in [0.4, 0.5) is 0 Å². The lowest BCUT2D eigenvalue weighted by molar-refractivity contribution is -0.129. The van der Waals surface area contributed by atoms with Crippen molar-refractivity contribution in [3.8, 4) is 0 Å². The second-order valence-electron chi connectivity index (χ2n) is 5.46. The monoisotopic (exact) mass is 242 g/mol. The number of rotatable bonds is 5. The third-order valence-corrected chi connectivity index (χ3v) is 3.51. The molecule has 0 bridgehead atoms. The van der Waals surface area contributed by atoms with Crippen molar-refractivity contribution in [2.45, 2.75) is 64.6 Å². The van der Waals surface area contributed by atoms with E-state index in [0.29, 0.717) is 5.92 Å². The Morgan fingerprint density at radius 2 is 2.12 bits per heavy atom. The first-order valence-corrected chi connectivity index (χ1v) is 6.65. The first kappa shape index (κ1) is 14.5. The van der Waals surface area contributed by atoms with Crippen LogP contribution in [0.1, 0.15) is 46.5 Å². The first-order valence-electron chi connectivity index (χ1n) is 6.65. The summed E-state index contributed by atoms with van der Waals surface area (Å²) in [6.45, 7) is 6.35. The third-order valence-electron chi connectivity index (χ3n) is 3.51. The van der Waals surface area contributed by atoms with E-state index in [1.165, 1.54) is 0 Å². The summed E-state index contributed by atoms with van der Waals surface area (Å²) in [6.07, 6.45) is 4.26. The van der Waals surface area contributed by atoms with Crippen LogP contribution in [-0.2, 0) is 9.53 Å². The standard InChI is InChI=1S/C13H26N2O2/c1-9(2)10(3)15-13(16)8-17-12-6-4-5-11(14)7-12/h9-12H,4-8,14H2,1-3H3,(H,15,16). The van der Waals surface area contributed by atoms with Crippen LogP contribution in [0.15, 0.2) is 0 Å². The number of carbonyl (C=O) groups is 1. The van der Waals surface area contributed by atoms with Crippen molar-refractivity contribution in [1.29, 1.82) is 0 Å².